The Morgan fingerprint density at radius 1 is 0.966 bits per heavy atom. The van der Waals surface area contributed by atoms with Crippen LogP contribution < -0.4 is 10.6 Å². The van der Waals surface area contributed by atoms with Gasteiger partial charge >= 0.3 is 0 Å². The monoisotopic (exact) mass is 384 g/mol. The van der Waals surface area contributed by atoms with Gasteiger partial charge in [-0.15, -0.1) is 0 Å². The molecule has 1 amide bonds. The maximum Gasteiger partial charge on any atom is 0.274 e. The van der Waals surface area contributed by atoms with Gasteiger partial charge in [0.25, 0.3) is 5.91 Å². The Morgan fingerprint density at radius 2 is 1.76 bits per heavy atom. The van der Waals surface area contributed by atoms with E-state index in [1.807, 2.05) is 73.7 Å². The molecule has 0 unspecified atom stereocenters. The minimum Gasteiger partial charge on any atom is -0.467 e. The predicted molar refractivity (Wildman–Crippen MR) is 113 cm³/mol. The third-order valence-electron chi connectivity index (χ3n) is 4.41. The van der Waals surface area contributed by atoms with Crippen molar-refractivity contribution in [2.45, 2.75) is 13.5 Å². The quantitative estimate of drug-likeness (QED) is 0.494. The molecule has 2 N–H and O–H groups in total. The number of nitrogens with one attached hydrogen (secondary N) is 2. The Morgan fingerprint density at radius 3 is 2.52 bits per heavy atom. The van der Waals surface area contributed by atoms with Crippen LogP contribution in [0.3, 0.4) is 0 Å². The molecule has 2 heterocycles. The van der Waals surface area contributed by atoms with E-state index in [2.05, 4.69) is 20.6 Å². The smallest absolute Gasteiger partial charge is 0.274 e. The summed E-state index contributed by atoms with van der Waals surface area (Å²) in [6, 6.07) is 22.5. The van der Waals surface area contributed by atoms with Crippen LogP contribution in [0.4, 0.5) is 11.5 Å². The number of hydrogen-bond donors (Lipinski definition) is 2. The molecule has 0 fully saturated rings. The van der Waals surface area contributed by atoms with Gasteiger partial charge in [-0.2, -0.15) is 0 Å². The fourth-order valence-corrected chi connectivity index (χ4v) is 2.86. The van der Waals surface area contributed by atoms with Crippen LogP contribution in [0.15, 0.2) is 83.5 Å². The van der Waals surface area contributed by atoms with Gasteiger partial charge in [0, 0.05) is 17.3 Å². The zero-order valence-electron chi connectivity index (χ0n) is 15.9. The fourth-order valence-electron chi connectivity index (χ4n) is 2.86. The number of para-hydroxylation sites is 1. The van der Waals surface area contributed by atoms with Crippen LogP contribution in [0.5, 0.6) is 0 Å². The van der Waals surface area contributed by atoms with Crippen molar-refractivity contribution in [3.05, 3.63) is 96.1 Å². The van der Waals surface area contributed by atoms with Crippen molar-refractivity contribution in [3.63, 3.8) is 0 Å². The summed E-state index contributed by atoms with van der Waals surface area (Å²) in [7, 11) is 0. The zero-order chi connectivity index (χ0) is 20.1. The fraction of sp³-hybridized carbons (Fsp3) is 0.0870. The van der Waals surface area contributed by atoms with Gasteiger partial charge in [0.1, 0.15) is 17.3 Å². The van der Waals surface area contributed by atoms with Crippen LogP contribution in [-0.2, 0) is 6.54 Å². The molecule has 29 heavy (non-hydrogen) atoms. The standard InChI is InChI=1S/C23H20N4O2/c1-16-8-5-6-12-19(16)26-23(28)20-14-21(24-15-18-11-7-13-29-18)27-22(25-20)17-9-3-2-4-10-17/h2-14H,15H2,1H3,(H,26,28)(H,24,25,27). The highest BCUT2D eigenvalue weighted by molar-refractivity contribution is 6.03. The molecule has 0 aliphatic carbocycles. The van der Waals surface area contributed by atoms with Crippen LogP contribution in [0.2, 0.25) is 0 Å². The molecular weight excluding hydrogens is 364 g/mol. The van der Waals surface area contributed by atoms with Gasteiger partial charge in [-0.3, -0.25) is 4.79 Å². The number of carbonyl (C=O) groups excluding carboxylic acids is 1. The van der Waals surface area contributed by atoms with Gasteiger partial charge in [0.2, 0.25) is 0 Å². The van der Waals surface area contributed by atoms with Crippen molar-refractivity contribution in [2.24, 2.45) is 0 Å². The number of carbonyl (C=O) groups is 1. The summed E-state index contributed by atoms with van der Waals surface area (Å²) in [6.45, 7) is 2.40. The van der Waals surface area contributed by atoms with E-state index in [0.29, 0.717) is 18.2 Å². The van der Waals surface area contributed by atoms with E-state index < -0.39 is 0 Å². The maximum atomic E-state index is 12.9. The van der Waals surface area contributed by atoms with Gasteiger partial charge in [0.15, 0.2) is 5.82 Å². The number of anilines is 2. The molecule has 0 saturated carbocycles. The topological polar surface area (TPSA) is 80.0 Å². The first kappa shape index (κ1) is 18.4. The van der Waals surface area contributed by atoms with Gasteiger partial charge in [-0.05, 0) is 30.7 Å². The first-order valence-corrected chi connectivity index (χ1v) is 9.27. The SMILES string of the molecule is Cc1ccccc1NC(=O)c1cc(NCc2ccco2)nc(-c2ccccc2)n1. The second-order valence-corrected chi connectivity index (χ2v) is 6.53. The molecule has 6 heteroatoms. The number of rotatable bonds is 6. The van der Waals surface area contributed by atoms with E-state index in [0.717, 1.165) is 22.6 Å². The molecule has 4 rings (SSSR count). The average Bonchev–Trinajstić information content (AvgIpc) is 3.28. The first-order chi connectivity index (χ1) is 14.2. The van der Waals surface area contributed by atoms with Crippen LogP contribution in [0.1, 0.15) is 21.8 Å². The van der Waals surface area contributed by atoms with E-state index in [4.69, 9.17) is 4.42 Å². The molecule has 2 aromatic heterocycles. The van der Waals surface area contributed by atoms with Crippen molar-refractivity contribution < 1.29 is 9.21 Å². The Hall–Kier alpha value is -3.93. The highest BCUT2D eigenvalue weighted by atomic mass is 16.3. The van der Waals surface area contributed by atoms with Crippen LogP contribution in [0, 0.1) is 6.92 Å². The van der Waals surface area contributed by atoms with Crippen molar-refractivity contribution in [1.29, 1.82) is 0 Å². The Kier molecular flexibility index (Phi) is 5.33. The molecule has 0 bridgehead atoms. The lowest BCUT2D eigenvalue weighted by molar-refractivity contribution is 0.102. The summed E-state index contributed by atoms with van der Waals surface area (Å²) in [5.74, 6) is 1.51. The van der Waals surface area contributed by atoms with E-state index >= 15 is 0 Å². The summed E-state index contributed by atoms with van der Waals surface area (Å²) in [4.78, 5) is 21.9. The van der Waals surface area contributed by atoms with Crippen molar-refractivity contribution >= 4 is 17.4 Å². The highest BCUT2D eigenvalue weighted by Crippen LogP contribution is 2.20. The average molecular weight is 384 g/mol. The molecule has 2 aromatic carbocycles. The summed E-state index contributed by atoms with van der Waals surface area (Å²) < 4.78 is 5.35. The number of aromatic nitrogens is 2. The molecule has 0 spiro atoms. The van der Waals surface area contributed by atoms with Gasteiger partial charge in [-0.25, -0.2) is 9.97 Å². The van der Waals surface area contributed by atoms with E-state index in [1.165, 1.54) is 0 Å². The van der Waals surface area contributed by atoms with Gasteiger partial charge < -0.3 is 15.1 Å². The van der Waals surface area contributed by atoms with Crippen LogP contribution in [-0.4, -0.2) is 15.9 Å². The summed E-state index contributed by atoms with van der Waals surface area (Å²) in [5, 5.41) is 6.13. The van der Waals surface area contributed by atoms with Gasteiger partial charge in [-0.1, -0.05) is 48.5 Å². The molecule has 0 aliphatic rings. The minimum atomic E-state index is -0.292. The summed E-state index contributed by atoms with van der Waals surface area (Å²) in [5.41, 5.74) is 2.85. The number of hydrogen-bond acceptors (Lipinski definition) is 5. The third-order valence-corrected chi connectivity index (χ3v) is 4.41. The molecule has 0 atom stereocenters. The number of aryl methyl sites for hydroxylation is 1. The van der Waals surface area contributed by atoms with E-state index in [9.17, 15) is 4.79 Å². The van der Waals surface area contributed by atoms with Crippen molar-refractivity contribution in [2.75, 3.05) is 10.6 Å². The third kappa shape index (κ3) is 4.50. The van der Waals surface area contributed by atoms with Crippen LogP contribution in [0.25, 0.3) is 11.4 Å². The molecule has 4 aromatic rings. The molecule has 0 aliphatic heterocycles. The van der Waals surface area contributed by atoms with E-state index in [1.54, 1.807) is 12.3 Å². The Bertz CT molecular complexity index is 1110. The first-order valence-electron chi connectivity index (χ1n) is 9.27. The normalized spacial score (nSPS) is 10.5. The maximum absolute atomic E-state index is 12.9. The second-order valence-electron chi connectivity index (χ2n) is 6.53. The second kappa shape index (κ2) is 8.39. The van der Waals surface area contributed by atoms with E-state index in [-0.39, 0.29) is 11.6 Å². The van der Waals surface area contributed by atoms with Gasteiger partial charge in [0.05, 0.1) is 12.8 Å². The largest absolute Gasteiger partial charge is 0.467 e. The Labute approximate surface area is 168 Å². The van der Waals surface area contributed by atoms with Crippen molar-refractivity contribution in [3.8, 4) is 11.4 Å². The molecule has 0 saturated heterocycles. The highest BCUT2D eigenvalue weighted by Gasteiger charge is 2.14. The molecule has 144 valence electrons. The molecular formula is C23H20N4O2. The lowest BCUT2D eigenvalue weighted by atomic mass is 10.2. The molecule has 0 radical (unpaired) electrons. The zero-order valence-corrected chi connectivity index (χ0v) is 15.9. The van der Waals surface area contributed by atoms with Crippen molar-refractivity contribution in [1.82, 2.24) is 9.97 Å². The molecule has 6 nitrogen and oxygen atoms in total. The minimum absolute atomic E-state index is 0.282. The number of nitrogens with zero attached hydrogens (tertiary/aromatic N) is 2. The lowest BCUT2D eigenvalue weighted by Crippen LogP contribution is -2.16. The summed E-state index contributed by atoms with van der Waals surface area (Å²) >= 11 is 0. The predicted octanol–water partition coefficient (Wildman–Crippen LogP) is 4.91. The Balaban J connectivity index is 1.65. The number of benzene rings is 2. The van der Waals surface area contributed by atoms with Crippen LogP contribution >= 0.6 is 0 Å². The number of amides is 1. The lowest BCUT2D eigenvalue weighted by Gasteiger charge is -2.11. The number of furan rings is 1. The summed E-state index contributed by atoms with van der Waals surface area (Å²) in [6.07, 6.45) is 1.62.